The second kappa shape index (κ2) is 8.40. The van der Waals surface area contributed by atoms with E-state index in [1.165, 1.54) is 0 Å². The van der Waals surface area contributed by atoms with Crippen molar-refractivity contribution in [2.75, 3.05) is 18.5 Å². The summed E-state index contributed by atoms with van der Waals surface area (Å²) in [5.41, 5.74) is -0.0645. The third-order valence-corrected chi connectivity index (χ3v) is 3.45. The quantitative estimate of drug-likeness (QED) is 0.798. The summed E-state index contributed by atoms with van der Waals surface area (Å²) in [5.74, 6) is 0.363. The predicted octanol–water partition coefficient (Wildman–Crippen LogP) is 3.49. The van der Waals surface area contributed by atoms with E-state index >= 15 is 0 Å². The van der Waals surface area contributed by atoms with Gasteiger partial charge in [0.05, 0.1) is 17.9 Å². The molecule has 120 valence electrons. The van der Waals surface area contributed by atoms with Crippen LogP contribution in [0.2, 0.25) is 0 Å². The molecule has 0 aliphatic rings. The van der Waals surface area contributed by atoms with E-state index in [-0.39, 0.29) is 5.91 Å². The van der Waals surface area contributed by atoms with Gasteiger partial charge in [0.15, 0.2) is 0 Å². The van der Waals surface area contributed by atoms with Crippen LogP contribution in [-0.4, -0.2) is 24.7 Å². The molecular weight excluding hydrogens is 280 g/mol. The average molecular weight is 304 g/mol. The molecule has 1 aromatic rings. The number of ether oxygens (including phenoxy) is 2. The highest BCUT2D eigenvalue weighted by Crippen LogP contribution is 2.24. The highest BCUT2D eigenvalue weighted by molar-refractivity contribution is 5.98. The molecule has 5 nitrogen and oxygen atoms in total. The van der Waals surface area contributed by atoms with Crippen molar-refractivity contribution in [3.05, 3.63) is 23.8 Å². The summed E-state index contributed by atoms with van der Waals surface area (Å²) < 4.78 is 11.0. The molecule has 0 spiro atoms. The molecule has 22 heavy (non-hydrogen) atoms. The molecular formula is C17H24N2O3. The lowest BCUT2D eigenvalue weighted by Crippen LogP contribution is -2.42. The van der Waals surface area contributed by atoms with E-state index in [1.807, 2.05) is 20.8 Å². The number of rotatable bonds is 8. The first kappa shape index (κ1) is 18.0. The van der Waals surface area contributed by atoms with Gasteiger partial charge in [0.2, 0.25) is 0 Å². The lowest BCUT2D eigenvalue weighted by atomic mass is 10.0. The van der Waals surface area contributed by atoms with Gasteiger partial charge < -0.3 is 14.8 Å². The molecule has 0 saturated heterocycles. The van der Waals surface area contributed by atoms with Gasteiger partial charge in [0, 0.05) is 6.61 Å². The topological polar surface area (TPSA) is 71.3 Å². The van der Waals surface area contributed by atoms with Crippen molar-refractivity contribution in [2.24, 2.45) is 0 Å². The maximum absolute atomic E-state index is 12.5. The van der Waals surface area contributed by atoms with Gasteiger partial charge in [-0.05, 0) is 44.9 Å². The maximum atomic E-state index is 12.5. The minimum Gasteiger partial charge on any atom is -0.494 e. The Bertz CT molecular complexity index is 551. The lowest BCUT2D eigenvalue weighted by Gasteiger charge is -2.27. The highest BCUT2D eigenvalue weighted by atomic mass is 16.5. The lowest BCUT2D eigenvalue weighted by molar-refractivity contribution is -0.139. The molecule has 0 heterocycles. The van der Waals surface area contributed by atoms with Crippen LogP contribution < -0.4 is 10.1 Å². The molecule has 0 unspecified atom stereocenters. The number of hydrogen-bond acceptors (Lipinski definition) is 4. The average Bonchev–Trinajstić information content (AvgIpc) is 2.54. The van der Waals surface area contributed by atoms with Gasteiger partial charge in [0.1, 0.15) is 17.4 Å². The number of carbonyl (C=O) groups excluding carboxylic acids is 1. The molecule has 1 atom stereocenters. The van der Waals surface area contributed by atoms with E-state index in [0.29, 0.717) is 36.6 Å². The summed E-state index contributed by atoms with van der Waals surface area (Å²) in [5, 5.41) is 12.0. The summed E-state index contributed by atoms with van der Waals surface area (Å²) >= 11 is 0. The van der Waals surface area contributed by atoms with Gasteiger partial charge in [-0.2, -0.15) is 5.26 Å². The van der Waals surface area contributed by atoms with Crippen molar-refractivity contribution in [3.8, 4) is 11.8 Å². The zero-order valence-electron chi connectivity index (χ0n) is 13.7. The van der Waals surface area contributed by atoms with Crippen LogP contribution in [0.5, 0.6) is 5.75 Å². The maximum Gasteiger partial charge on any atom is 0.256 e. The monoisotopic (exact) mass is 304 g/mol. The second-order valence-corrected chi connectivity index (χ2v) is 5.14. The minimum atomic E-state index is -0.901. The van der Waals surface area contributed by atoms with Crippen molar-refractivity contribution in [1.82, 2.24) is 0 Å². The molecule has 0 aliphatic carbocycles. The molecule has 1 N–H and O–H groups in total. The second-order valence-electron chi connectivity index (χ2n) is 5.14. The van der Waals surface area contributed by atoms with Crippen LogP contribution in [0.25, 0.3) is 0 Å². The minimum absolute atomic E-state index is 0.246. The smallest absolute Gasteiger partial charge is 0.256 e. The third-order valence-electron chi connectivity index (χ3n) is 3.45. The fourth-order valence-corrected chi connectivity index (χ4v) is 1.89. The van der Waals surface area contributed by atoms with Crippen molar-refractivity contribution in [3.63, 3.8) is 0 Å². The Morgan fingerprint density at radius 2 is 2.09 bits per heavy atom. The van der Waals surface area contributed by atoms with Crippen LogP contribution in [0.4, 0.5) is 5.69 Å². The Labute approximate surface area is 132 Å². The van der Waals surface area contributed by atoms with E-state index in [9.17, 15) is 10.1 Å². The number of nitrogens with one attached hydrogen (secondary N) is 1. The predicted molar refractivity (Wildman–Crippen MR) is 85.9 cm³/mol. The molecule has 1 amide bonds. The SMILES string of the molecule is CCCO[C@@](C)(CC)C(=O)Nc1ccc(OCC)cc1C#N. The summed E-state index contributed by atoms with van der Waals surface area (Å²) in [6.45, 7) is 8.58. The van der Waals surface area contributed by atoms with Crippen molar-refractivity contribution >= 4 is 11.6 Å². The largest absolute Gasteiger partial charge is 0.494 e. The first-order valence-electron chi connectivity index (χ1n) is 7.63. The van der Waals surface area contributed by atoms with Crippen molar-refractivity contribution < 1.29 is 14.3 Å². The molecule has 0 aromatic heterocycles. The standard InChI is InChI=1S/C17H24N2O3/c1-5-10-22-17(4,6-2)16(20)19-15-9-8-14(21-7-3)11-13(15)12-18/h8-9,11H,5-7,10H2,1-4H3,(H,19,20)/t17-/m0/s1. The van der Waals surface area contributed by atoms with Crippen LogP contribution in [-0.2, 0) is 9.53 Å². The molecule has 5 heteroatoms. The molecule has 0 aliphatic heterocycles. The summed E-state index contributed by atoms with van der Waals surface area (Å²) in [4.78, 5) is 12.5. The number of nitrogens with zero attached hydrogens (tertiary/aromatic N) is 1. The number of anilines is 1. The zero-order valence-corrected chi connectivity index (χ0v) is 13.7. The van der Waals surface area contributed by atoms with Crippen LogP contribution in [0.15, 0.2) is 18.2 Å². The van der Waals surface area contributed by atoms with E-state index in [1.54, 1.807) is 25.1 Å². The Hall–Kier alpha value is -2.06. The van der Waals surface area contributed by atoms with E-state index in [4.69, 9.17) is 9.47 Å². The van der Waals surface area contributed by atoms with Gasteiger partial charge in [-0.3, -0.25) is 4.79 Å². The Morgan fingerprint density at radius 1 is 1.36 bits per heavy atom. The Kier molecular flexibility index (Phi) is 6.87. The normalized spacial score (nSPS) is 13.0. The van der Waals surface area contributed by atoms with E-state index in [0.717, 1.165) is 6.42 Å². The molecule has 0 saturated carbocycles. The van der Waals surface area contributed by atoms with Crippen LogP contribution in [0, 0.1) is 11.3 Å². The number of nitriles is 1. The van der Waals surface area contributed by atoms with Crippen molar-refractivity contribution in [1.29, 1.82) is 5.26 Å². The molecule has 0 radical (unpaired) electrons. The zero-order chi connectivity index (χ0) is 16.6. The summed E-state index contributed by atoms with van der Waals surface area (Å²) in [7, 11) is 0. The summed E-state index contributed by atoms with van der Waals surface area (Å²) in [6, 6.07) is 7.11. The van der Waals surface area contributed by atoms with Crippen LogP contribution >= 0.6 is 0 Å². The fourth-order valence-electron chi connectivity index (χ4n) is 1.89. The summed E-state index contributed by atoms with van der Waals surface area (Å²) in [6.07, 6.45) is 1.40. The molecule has 1 aromatic carbocycles. The molecule has 0 fully saturated rings. The van der Waals surface area contributed by atoms with Crippen molar-refractivity contribution in [2.45, 2.75) is 46.1 Å². The van der Waals surface area contributed by atoms with Crippen LogP contribution in [0.3, 0.4) is 0 Å². The van der Waals surface area contributed by atoms with Gasteiger partial charge >= 0.3 is 0 Å². The van der Waals surface area contributed by atoms with Gasteiger partial charge in [-0.25, -0.2) is 0 Å². The van der Waals surface area contributed by atoms with Gasteiger partial charge in [-0.1, -0.05) is 13.8 Å². The third kappa shape index (κ3) is 4.47. The number of hydrogen-bond donors (Lipinski definition) is 1. The molecule has 0 bridgehead atoms. The number of amides is 1. The van der Waals surface area contributed by atoms with Gasteiger partial charge in [-0.15, -0.1) is 0 Å². The highest BCUT2D eigenvalue weighted by Gasteiger charge is 2.32. The first-order valence-corrected chi connectivity index (χ1v) is 7.63. The first-order chi connectivity index (χ1) is 10.5. The van der Waals surface area contributed by atoms with E-state index < -0.39 is 5.60 Å². The fraction of sp³-hybridized carbons (Fsp3) is 0.529. The molecule has 1 rings (SSSR count). The van der Waals surface area contributed by atoms with Crippen LogP contribution in [0.1, 0.15) is 46.1 Å². The Balaban J connectivity index is 2.93. The van der Waals surface area contributed by atoms with Gasteiger partial charge in [0.25, 0.3) is 5.91 Å². The Morgan fingerprint density at radius 3 is 2.64 bits per heavy atom. The number of carbonyl (C=O) groups is 1. The van der Waals surface area contributed by atoms with E-state index in [2.05, 4.69) is 11.4 Å². The number of benzene rings is 1.